The van der Waals surface area contributed by atoms with Gasteiger partial charge in [0.2, 0.25) is 0 Å². The van der Waals surface area contributed by atoms with E-state index in [9.17, 15) is 0 Å². The lowest BCUT2D eigenvalue weighted by molar-refractivity contribution is 0.570. The van der Waals surface area contributed by atoms with Gasteiger partial charge in [-0.3, -0.25) is 4.98 Å². The maximum absolute atomic E-state index is 4.63. The summed E-state index contributed by atoms with van der Waals surface area (Å²) in [6, 6.07) is 15.0. The highest BCUT2D eigenvalue weighted by atomic mass is 14.7. The summed E-state index contributed by atoms with van der Waals surface area (Å²) in [5, 5.41) is 0. The van der Waals surface area contributed by atoms with Gasteiger partial charge in [-0.2, -0.15) is 0 Å². The normalized spacial score (nSPS) is 27.9. The van der Waals surface area contributed by atoms with E-state index in [4.69, 9.17) is 0 Å². The molecule has 1 saturated carbocycles. The van der Waals surface area contributed by atoms with Crippen molar-refractivity contribution in [2.75, 3.05) is 0 Å². The highest BCUT2D eigenvalue weighted by Crippen LogP contribution is 2.48. The SMILES string of the molecule is C1=CC2CC1C[C@H]2c1cc(-c2ccccc2)ccn1. The van der Waals surface area contributed by atoms with Gasteiger partial charge in [0.05, 0.1) is 0 Å². The van der Waals surface area contributed by atoms with Crippen molar-refractivity contribution in [1.82, 2.24) is 4.98 Å². The molecule has 0 aliphatic heterocycles. The molecule has 0 N–H and O–H groups in total. The number of fused-ring (bicyclic) bond motifs is 2. The summed E-state index contributed by atoms with van der Waals surface area (Å²) in [5.41, 5.74) is 3.85. The summed E-state index contributed by atoms with van der Waals surface area (Å²) >= 11 is 0. The molecule has 2 aromatic rings. The molecule has 1 heterocycles. The number of rotatable bonds is 2. The molecule has 3 atom stereocenters. The predicted octanol–water partition coefficient (Wildman–Crippen LogP) is 4.43. The van der Waals surface area contributed by atoms with E-state index in [0.717, 1.165) is 11.8 Å². The first-order chi connectivity index (χ1) is 9.40. The van der Waals surface area contributed by atoms with E-state index in [1.165, 1.54) is 29.7 Å². The third-order valence-corrected chi connectivity index (χ3v) is 4.55. The van der Waals surface area contributed by atoms with Gasteiger partial charge < -0.3 is 0 Å². The predicted molar refractivity (Wildman–Crippen MR) is 77.8 cm³/mol. The third kappa shape index (κ3) is 1.90. The highest BCUT2D eigenvalue weighted by molar-refractivity contribution is 5.63. The Morgan fingerprint density at radius 2 is 1.79 bits per heavy atom. The first kappa shape index (κ1) is 11.0. The van der Waals surface area contributed by atoms with Crippen molar-refractivity contribution < 1.29 is 0 Å². The van der Waals surface area contributed by atoms with Crippen LogP contribution in [0.25, 0.3) is 11.1 Å². The monoisotopic (exact) mass is 247 g/mol. The average molecular weight is 247 g/mol. The standard InChI is InChI=1S/C18H17N/c1-2-4-14(5-3-1)15-8-9-19-18(12-15)17-11-13-6-7-16(17)10-13/h1-9,12-13,16-17H,10-11H2/t13?,16?,17-/m1/s1. The van der Waals surface area contributed by atoms with Crippen LogP contribution in [0.5, 0.6) is 0 Å². The molecule has 1 heteroatoms. The third-order valence-electron chi connectivity index (χ3n) is 4.55. The van der Waals surface area contributed by atoms with E-state index in [0.29, 0.717) is 5.92 Å². The molecular formula is C18H17N. The van der Waals surface area contributed by atoms with E-state index >= 15 is 0 Å². The van der Waals surface area contributed by atoms with E-state index < -0.39 is 0 Å². The van der Waals surface area contributed by atoms with Crippen LogP contribution in [-0.2, 0) is 0 Å². The molecule has 0 spiro atoms. The summed E-state index contributed by atoms with van der Waals surface area (Å²) in [6.45, 7) is 0. The fourth-order valence-corrected chi connectivity index (χ4v) is 3.58. The Hall–Kier alpha value is -1.89. The molecule has 1 aromatic carbocycles. The van der Waals surface area contributed by atoms with Crippen molar-refractivity contribution in [1.29, 1.82) is 0 Å². The van der Waals surface area contributed by atoms with Crippen LogP contribution in [0.15, 0.2) is 60.8 Å². The lowest BCUT2D eigenvalue weighted by atomic mass is 9.89. The topological polar surface area (TPSA) is 12.9 Å². The summed E-state index contributed by atoms with van der Waals surface area (Å²) in [5.74, 6) is 2.17. The van der Waals surface area contributed by atoms with E-state index in [1.807, 2.05) is 6.20 Å². The molecule has 2 bridgehead atoms. The van der Waals surface area contributed by atoms with Gasteiger partial charge in [-0.05, 0) is 47.9 Å². The highest BCUT2D eigenvalue weighted by Gasteiger charge is 2.37. The second-order valence-corrected chi connectivity index (χ2v) is 5.72. The molecule has 0 amide bonds. The summed E-state index contributed by atoms with van der Waals surface area (Å²) in [4.78, 5) is 4.63. The van der Waals surface area contributed by atoms with Crippen molar-refractivity contribution >= 4 is 0 Å². The Morgan fingerprint density at radius 1 is 0.895 bits per heavy atom. The molecule has 0 radical (unpaired) electrons. The largest absolute Gasteiger partial charge is 0.261 e. The van der Waals surface area contributed by atoms with Gasteiger partial charge >= 0.3 is 0 Å². The van der Waals surface area contributed by atoms with Crippen molar-refractivity contribution in [3.63, 3.8) is 0 Å². The number of benzene rings is 1. The van der Waals surface area contributed by atoms with Crippen LogP contribution < -0.4 is 0 Å². The van der Waals surface area contributed by atoms with Gasteiger partial charge in [-0.25, -0.2) is 0 Å². The van der Waals surface area contributed by atoms with Crippen LogP contribution >= 0.6 is 0 Å². The minimum atomic E-state index is 0.638. The van der Waals surface area contributed by atoms with Crippen molar-refractivity contribution in [3.05, 3.63) is 66.5 Å². The number of aromatic nitrogens is 1. The Labute approximate surface area is 114 Å². The van der Waals surface area contributed by atoms with Crippen molar-refractivity contribution in [3.8, 4) is 11.1 Å². The zero-order chi connectivity index (χ0) is 12.7. The van der Waals surface area contributed by atoms with Gasteiger partial charge in [0.15, 0.2) is 0 Å². The number of nitrogens with zero attached hydrogens (tertiary/aromatic N) is 1. The van der Waals surface area contributed by atoms with Gasteiger partial charge in [0.25, 0.3) is 0 Å². The first-order valence-corrected chi connectivity index (χ1v) is 7.10. The number of pyridine rings is 1. The van der Waals surface area contributed by atoms with Gasteiger partial charge in [-0.1, -0.05) is 42.5 Å². The molecule has 1 nitrogen and oxygen atoms in total. The fourth-order valence-electron chi connectivity index (χ4n) is 3.58. The van der Waals surface area contributed by atoms with Crippen LogP contribution in [0, 0.1) is 11.8 Å². The summed E-state index contributed by atoms with van der Waals surface area (Å²) < 4.78 is 0. The first-order valence-electron chi connectivity index (χ1n) is 7.10. The van der Waals surface area contributed by atoms with Crippen LogP contribution in [-0.4, -0.2) is 4.98 Å². The maximum Gasteiger partial charge on any atom is 0.0446 e. The van der Waals surface area contributed by atoms with E-state index in [2.05, 4.69) is 59.6 Å². The average Bonchev–Trinajstić information content (AvgIpc) is 3.11. The van der Waals surface area contributed by atoms with E-state index in [-0.39, 0.29) is 0 Å². The zero-order valence-corrected chi connectivity index (χ0v) is 10.9. The van der Waals surface area contributed by atoms with Crippen molar-refractivity contribution in [2.24, 2.45) is 11.8 Å². The maximum atomic E-state index is 4.63. The van der Waals surface area contributed by atoms with Crippen molar-refractivity contribution in [2.45, 2.75) is 18.8 Å². The molecule has 2 unspecified atom stereocenters. The van der Waals surface area contributed by atoms with Crippen LogP contribution in [0.4, 0.5) is 0 Å². The Balaban J connectivity index is 1.70. The quantitative estimate of drug-likeness (QED) is 0.715. The number of allylic oxidation sites excluding steroid dienone is 2. The molecule has 2 aliphatic carbocycles. The van der Waals surface area contributed by atoms with Crippen LogP contribution in [0.1, 0.15) is 24.5 Å². The van der Waals surface area contributed by atoms with E-state index in [1.54, 1.807) is 0 Å². The molecule has 2 aliphatic rings. The molecule has 19 heavy (non-hydrogen) atoms. The summed E-state index contributed by atoms with van der Waals surface area (Å²) in [7, 11) is 0. The Bertz CT molecular complexity index is 615. The second-order valence-electron chi connectivity index (χ2n) is 5.72. The minimum Gasteiger partial charge on any atom is -0.261 e. The molecule has 0 saturated heterocycles. The number of hydrogen-bond acceptors (Lipinski definition) is 1. The zero-order valence-electron chi connectivity index (χ0n) is 10.9. The van der Waals surface area contributed by atoms with Gasteiger partial charge in [0, 0.05) is 17.8 Å². The molecule has 1 fully saturated rings. The fraction of sp³-hybridized carbons (Fsp3) is 0.278. The molecular weight excluding hydrogens is 230 g/mol. The lowest BCUT2D eigenvalue weighted by Gasteiger charge is -2.18. The minimum absolute atomic E-state index is 0.638. The number of hydrogen-bond donors (Lipinski definition) is 0. The Morgan fingerprint density at radius 3 is 2.53 bits per heavy atom. The lowest BCUT2D eigenvalue weighted by Crippen LogP contribution is -2.07. The summed E-state index contributed by atoms with van der Waals surface area (Å²) in [6.07, 6.45) is 9.37. The Kier molecular flexibility index (Phi) is 2.51. The smallest absolute Gasteiger partial charge is 0.0446 e. The van der Waals surface area contributed by atoms with Gasteiger partial charge in [-0.15, -0.1) is 0 Å². The van der Waals surface area contributed by atoms with Crippen LogP contribution in [0.3, 0.4) is 0 Å². The molecule has 4 rings (SSSR count). The molecule has 1 aromatic heterocycles. The van der Waals surface area contributed by atoms with Crippen LogP contribution in [0.2, 0.25) is 0 Å². The second kappa shape index (κ2) is 4.34. The molecule has 94 valence electrons. The van der Waals surface area contributed by atoms with Gasteiger partial charge in [0.1, 0.15) is 0 Å².